The van der Waals surface area contributed by atoms with Crippen LogP contribution in [-0.2, 0) is 13.1 Å². The van der Waals surface area contributed by atoms with Crippen LogP contribution < -0.4 is 0 Å². The van der Waals surface area contributed by atoms with Crippen molar-refractivity contribution < 1.29 is 19.8 Å². The SMILES string of the molecule is CC(C(=O)c1ccc(O)c(C(=O)O)c1)N(Cc1ccccc1)Cc1ccccc1. The molecule has 0 aromatic heterocycles. The Morgan fingerprint density at radius 3 is 1.86 bits per heavy atom. The third-order valence-corrected chi connectivity index (χ3v) is 4.90. The Hall–Kier alpha value is -3.44. The summed E-state index contributed by atoms with van der Waals surface area (Å²) in [6.45, 7) is 2.97. The molecule has 0 bridgehead atoms. The van der Waals surface area contributed by atoms with Gasteiger partial charge in [-0.25, -0.2) is 4.79 Å². The van der Waals surface area contributed by atoms with Gasteiger partial charge in [0.05, 0.1) is 6.04 Å². The van der Waals surface area contributed by atoms with Gasteiger partial charge in [0.1, 0.15) is 11.3 Å². The first-order valence-electron chi connectivity index (χ1n) is 9.38. The molecule has 0 saturated carbocycles. The van der Waals surface area contributed by atoms with Crippen molar-refractivity contribution in [2.75, 3.05) is 0 Å². The molecule has 0 saturated heterocycles. The molecule has 5 heteroatoms. The van der Waals surface area contributed by atoms with Crippen molar-refractivity contribution in [2.24, 2.45) is 0 Å². The van der Waals surface area contributed by atoms with Crippen LogP contribution >= 0.6 is 0 Å². The molecule has 0 fully saturated rings. The number of aromatic carboxylic acids is 1. The molecule has 0 radical (unpaired) electrons. The van der Waals surface area contributed by atoms with E-state index in [9.17, 15) is 19.8 Å². The Kier molecular flexibility index (Phi) is 6.42. The molecule has 0 spiro atoms. The van der Waals surface area contributed by atoms with E-state index in [-0.39, 0.29) is 22.7 Å². The predicted molar refractivity (Wildman–Crippen MR) is 111 cm³/mol. The van der Waals surface area contributed by atoms with Crippen LogP contribution in [0.2, 0.25) is 0 Å². The van der Waals surface area contributed by atoms with Gasteiger partial charge in [0.2, 0.25) is 0 Å². The number of phenols is 1. The van der Waals surface area contributed by atoms with Gasteiger partial charge >= 0.3 is 5.97 Å². The number of Topliss-reactive ketones (excluding diaryl/α,β-unsaturated/α-hetero) is 1. The first kappa shape index (κ1) is 20.3. The van der Waals surface area contributed by atoms with E-state index < -0.39 is 12.0 Å². The zero-order valence-electron chi connectivity index (χ0n) is 16.2. The molecule has 148 valence electrons. The summed E-state index contributed by atoms with van der Waals surface area (Å²) in [6, 6.07) is 23.2. The van der Waals surface area contributed by atoms with E-state index >= 15 is 0 Å². The average Bonchev–Trinajstić information content (AvgIpc) is 2.74. The van der Waals surface area contributed by atoms with Gasteiger partial charge in [-0.15, -0.1) is 0 Å². The number of carboxylic acid groups (broad SMARTS) is 1. The lowest BCUT2D eigenvalue weighted by Crippen LogP contribution is -2.38. The minimum atomic E-state index is -1.27. The second kappa shape index (κ2) is 9.17. The highest BCUT2D eigenvalue weighted by molar-refractivity contribution is 6.02. The summed E-state index contributed by atoms with van der Waals surface area (Å²) in [5.41, 5.74) is 2.15. The summed E-state index contributed by atoms with van der Waals surface area (Å²) >= 11 is 0. The molecule has 29 heavy (non-hydrogen) atoms. The van der Waals surface area contributed by atoms with E-state index in [1.54, 1.807) is 0 Å². The maximum absolute atomic E-state index is 13.1. The molecule has 3 aromatic carbocycles. The highest BCUT2D eigenvalue weighted by Gasteiger charge is 2.24. The maximum atomic E-state index is 13.1. The Morgan fingerprint density at radius 2 is 1.38 bits per heavy atom. The van der Waals surface area contributed by atoms with Crippen LogP contribution in [0.5, 0.6) is 5.75 Å². The summed E-state index contributed by atoms with van der Waals surface area (Å²) in [5.74, 6) is -1.82. The number of carbonyl (C=O) groups is 2. The minimum absolute atomic E-state index is 0.195. The lowest BCUT2D eigenvalue weighted by atomic mass is 10.00. The highest BCUT2D eigenvalue weighted by Crippen LogP contribution is 2.22. The monoisotopic (exact) mass is 389 g/mol. The molecule has 3 aromatic rings. The summed E-state index contributed by atoms with van der Waals surface area (Å²) in [4.78, 5) is 26.5. The average molecular weight is 389 g/mol. The molecule has 0 aliphatic carbocycles. The van der Waals surface area contributed by atoms with Gasteiger partial charge in [-0.05, 0) is 36.2 Å². The largest absolute Gasteiger partial charge is 0.507 e. The molecular weight excluding hydrogens is 366 g/mol. The summed E-state index contributed by atoms with van der Waals surface area (Å²) in [5, 5.41) is 18.9. The van der Waals surface area contributed by atoms with Crippen molar-refractivity contribution in [2.45, 2.75) is 26.1 Å². The molecule has 2 N–H and O–H groups in total. The number of rotatable bonds is 8. The van der Waals surface area contributed by atoms with E-state index in [1.165, 1.54) is 18.2 Å². The van der Waals surface area contributed by atoms with Gasteiger partial charge in [0.25, 0.3) is 0 Å². The van der Waals surface area contributed by atoms with Crippen LogP contribution in [0.1, 0.15) is 38.8 Å². The predicted octanol–water partition coefficient (Wildman–Crippen LogP) is 4.36. The lowest BCUT2D eigenvalue weighted by Gasteiger charge is -2.28. The van der Waals surface area contributed by atoms with Crippen molar-refractivity contribution in [3.63, 3.8) is 0 Å². The number of carbonyl (C=O) groups excluding carboxylic acids is 1. The molecule has 0 heterocycles. The topological polar surface area (TPSA) is 77.8 Å². The van der Waals surface area contributed by atoms with Gasteiger partial charge in [-0.1, -0.05) is 60.7 Å². The zero-order chi connectivity index (χ0) is 20.8. The highest BCUT2D eigenvalue weighted by atomic mass is 16.4. The third-order valence-electron chi connectivity index (χ3n) is 4.90. The first-order valence-corrected chi connectivity index (χ1v) is 9.38. The number of hydrogen-bond acceptors (Lipinski definition) is 4. The molecule has 1 unspecified atom stereocenters. The second-order valence-electron chi connectivity index (χ2n) is 6.95. The summed E-state index contributed by atoms with van der Waals surface area (Å²) in [6.07, 6.45) is 0. The van der Waals surface area contributed by atoms with E-state index in [0.29, 0.717) is 13.1 Å². The Bertz CT molecular complexity index is 945. The fraction of sp³-hybridized carbons (Fsp3) is 0.167. The van der Waals surface area contributed by atoms with Crippen LogP contribution in [0.15, 0.2) is 78.9 Å². The molecule has 0 aliphatic heterocycles. The molecular formula is C24H23NO4. The van der Waals surface area contributed by atoms with Crippen molar-refractivity contribution >= 4 is 11.8 Å². The Balaban J connectivity index is 1.88. The smallest absolute Gasteiger partial charge is 0.339 e. The van der Waals surface area contributed by atoms with Crippen LogP contribution in [0, 0.1) is 0 Å². The van der Waals surface area contributed by atoms with E-state index in [1.807, 2.05) is 67.6 Å². The fourth-order valence-electron chi connectivity index (χ4n) is 3.23. The zero-order valence-corrected chi connectivity index (χ0v) is 16.2. The fourth-order valence-corrected chi connectivity index (χ4v) is 3.23. The second-order valence-corrected chi connectivity index (χ2v) is 6.95. The van der Waals surface area contributed by atoms with Gasteiger partial charge in [-0.3, -0.25) is 9.69 Å². The summed E-state index contributed by atoms with van der Waals surface area (Å²) in [7, 11) is 0. The molecule has 1 atom stereocenters. The number of hydrogen-bond donors (Lipinski definition) is 2. The quantitative estimate of drug-likeness (QED) is 0.560. The number of ketones is 1. The standard InChI is InChI=1S/C24H23NO4/c1-17(23(27)20-12-13-22(26)21(14-20)24(28)29)25(15-18-8-4-2-5-9-18)16-19-10-6-3-7-11-19/h2-14,17,26H,15-16H2,1H3,(H,28,29). The number of aromatic hydroxyl groups is 1. The number of carboxylic acids is 1. The molecule has 5 nitrogen and oxygen atoms in total. The van der Waals surface area contributed by atoms with Crippen molar-refractivity contribution in [3.05, 3.63) is 101 Å². The van der Waals surface area contributed by atoms with E-state index in [4.69, 9.17) is 0 Å². The molecule has 0 aliphatic rings. The van der Waals surface area contributed by atoms with Crippen LogP contribution in [-0.4, -0.2) is 32.9 Å². The van der Waals surface area contributed by atoms with Crippen molar-refractivity contribution in [3.8, 4) is 5.75 Å². The van der Waals surface area contributed by atoms with Crippen LogP contribution in [0.25, 0.3) is 0 Å². The van der Waals surface area contributed by atoms with Gasteiger partial charge in [0.15, 0.2) is 5.78 Å². The van der Waals surface area contributed by atoms with Gasteiger partial charge in [0, 0.05) is 18.7 Å². The van der Waals surface area contributed by atoms with Crippen LogP contribution in [0.4, 0.5) is 0 Å². The van der Waals surface area contributed by atoms with Crippen molar-refractivity contribution in [1.82, 2.24) is 4.90 Å². The number of benzene rings is 3. The van der Waals surface area contributed by atoms with Gasteiger partial charge < -0.3 is 10.2 Å². The van der Waals surface area contributed by atoms with E-state index in [2.05, 4.69) is 4.90 Å². The summed E-state index contributed by atoms with van der Waals surface area (Å²) < 4.78 is 0. The molecule has 3 rings (SSSR count). The molecule has 0 amide bonds. The maximum Gasteiger partial charge on any atom is 0.339 e. The van der Waals surface area contributed by atoms with Crippen molar-refractivity contribution in [1.29, 1.82) is 0 Å². The first-order chi connectivity index (χ1) is 14.0. The van der Waals surface area contributed by atoms with E-state index in [0.717, 1.165) is 11.1 Å². The van der Waals surface area contributed by atoms with Crippen LogP contribution in [0.3, 0.4) is 0 Å². The Labute approximate surface area is 169 Å². The number of nitrogens with zero attached hydrogens (tertiary/aromatic N) is 1. The van der Waals surface area contributed by atoms with Gasteiger partial charge in [-0.2, -0.15) is 0 Å². The lowest BCUT2D eigenvalue weighted by molar-refractivity contribution is 0.0693. The third kappa shape index (κ3) is 5.09. The normalized spacial score (nSPS) is 11.9. The minimum Gasteiger partial charge on any atom is -0.507 e. The Morgan fingerprint density at radius 1 is 0.862 bits per heavy atom.